The number of carbonyl (C=O) groups excluding carboxylic acids is 1. The van der Waals surface area contributed by atoms with Crippen LogP contribution in [0.3, 0.4) is 0 Å². The predicted molar refractivity (Wildman–Crippen MR) is 53.3 cm³/mol. The summed E-state index contributed by atoms with van der Waals surface area (Å²) in [6, 6.07) is -0.261. The molecule has 76 valence electrons. The van der Waals surface area contributed by atoms with E-state index in [2.05, 4.69) is 6.92 Å². The second-order valence-electron chi connectivity index (χ2n) is 3.78. The van der Waals surface area contributed by atoms with Gasteiger partial charge in [0.15, 0.2) is 0 Å². The summed E-state index contributed by atoms with van der Waals surface area (Å²) in [5, 5.41) is 0. The van der Waals surface area contributed by atoms with Crippen molar-refractivity contribution in [3.63, 3.8) is 0 Å². The average molecular weight is 184 g/mol. The lowest BCUT2D eigenvalue weighted by molar-refractivity contribution is -0.133. The minimum Gasteiger partial charge on any atom is -0.341 e. The molecule has 0 aromatic carbocycles. The van der Waals surface area contributed by atoms with Crippen molar-refractivity contribution < 1.29 is 4.79 Å². The Labute approximate surface area is 80.3 Å². The Morgan fingerprint density at radius 2 is 2.00 bits per heavy atom. The summed E-state index contributed by atoms with van der Waals surface area (Å²) in [7, 11) is 0. The van der Waals surface area contributed by atoms with Crippen molar-refractivity contribution in [2.45, 2.75) is 45.1 Å². The van der Waals surface area contributed by atoms with E-state index in [-0.39, 0.29) is 11.9 Å². The largest absolute Gasteiger partial charge is 0.341 e. The van der Waals surface area contributed by atoms with Crippen molar-refractivity contribution in [3.8, 4) is 0 Å². The number of nitrogens with two attached hydrogens (primary N) is 1. The number of carbonyl (C=O) groups is 1. The normalized spacial score (nSPS) is 20.0. The third-order valence-electron chi connectivity index (χ3n) is 2.58. The van der Waals surface area contributed by atoms with Crippen LogP contribution in [0.2, 0.25) is 0 Å². The molecule has 1 heterocycles. The Morgan fingerprint density at radius 1 is 1.38 bits per heavy atom. The SMILES string of the molecule is CCC[C@H](N)C(=O)N1CCCCC1. The van der Waals surface area contributed by atoms with E-state index >= 15 is 0 Å². The summed E-state index contributed by atoms with van der Waals surface area (Å²) in [5.74, 6) is 0.154. The van der Waals surface area contributed by atoms with Gasteiger partial charge in [0.2, 0.25) is 5.91 Å². The van der Waals surface area contributed by atoms with Gasteiger partial charge in [-0.05, 0) is 25.7 Å². The molecule has 2 N–H and O–H groups in total. The van der Waals surface area contributed by atoms with Gasteiger partial charge in [-0.25, -0.2) is 0 Å². The highest BCUT2D eigenvalue weighted by atomic mass is 16.2. The number of nitrogens with zero attached hydrogens (tertiary/aromatic N) is 1. The summed E-state index contributed by atoms with van der Waals surface area (Å²) in [6.07, 6.45) is 5.35. The smallest absolute Gasteiger partial charge is 0.239 e. The summed E-state index contributed by atoms with van der Waals surface area (Å²) >= 11 is 0. The maximum atomic E-state index is 11.7. The van der Waals surface area contributed by atoms with Crippen LogP contribution in [0, 0.1) is 0 Å². The summed E-state index contributed by atoms with van der Waals surface area (Å²) < 4.78 is 0. The molecule has 0 bridgehead atoms. The van der Waals surface area contributed by atoms with E-state index in [1.807, 2.05) is 4.90 Å². The summed E-state index contributed by atoms with van der Waals surface area (Å²) in [5.41, 5.74) is 5.77. The standard InChI is InChI=1S/C10H20N2O/c1-2-6-9(11)10(13)12-7-4-3-5-8-12/h9H,2-8,11H2,1H3/t9-/m0/s1. The molecule has 1 amide bonds. The van der Waals surface area contributed by atoms with Crippen LogP contribution >= 0.6 is 0 Å². The van der Waals surface area contributed by atoms with Gasteiger partial charge in [0.1, 0.15) is 0 Å². The third-order valence-corrected chi connectivity index (χ3v) is 2.58. The molecule has 1 fully saturated rings. The highest BCUT2D eigenvalue weighted by molar-refractivity contribution is 5.81. The van der Waals surface area contributed by atoms with Gasteiger partial charge in [0, 0.05) is 13.1 Å². The van der Waals surface area contributed by atoms with Crippen LogP contribution in [0.15, 0.2) is 0 Å². The number of piperidine rings is 1. The van der Waals surface area contributed by atoms with E-state index in [4.69, 9.17) is 5.73 Å². The van der Waals surface area contributed by atoms with Crippen LogP contribution in [-0.2, 0) is 4.79 Å². The number of amides is 1. The monoisotopic (exact) mass is 184 g/mol. The summed E-state index contributed by atoms with van der Waals surface area (Å²) in [6.45, 7) is 3.88. The quantitative estimate of drug-likeness (QED) is 0.714. The van der Waals surface area contributed by atoms with E-state index in [1.54, 1.807) is 0 Å². The number of hydrogen-bond donors (Lipinski definition) is 1. The van der Waals surface area contributed by atoms with Crippen molar-refractivity contribution in [3.05, 3.63) is 0 Å². The van der Waals surface area contributed by atoms with E-state index in [0.29, 0.717) is 0 Å². The summed E-state index contributed by atoms with van der Waals surface area (Å²) in [4.78, 5) is 13.6. The fraction of sp³-hybridized carbons (Fsp3) is 0.900. The number of rotatable bonds is 3. The maximum Gasteiger partial charge on any atom is 0.239 e. The molecule has 1 saturated heterocycles. The second kappa shape index (κ2) is 5.22. The second-order valence-corrected chi connectivity index (χ2v) is 3.78. The molecule has 1 aliphatic rings. The van der Waals surface area contributed by atoms with Crippen LogP contribution in [0.4, 0.5) is 0 Å². The lowest BCUT2D eigenvalue weighted by Crippen LogP contribution is -2.45. The number of hydrogen-bond acceptors (Lipinski definition) is 2. The first kappa shape index (κ1) is 10.5. The average Bonchev–Trinajstić information content (AvgIpc) is 2.18. The van der Waals surface area contributed by atoms with Crippen molar-refractivity contribution in [1.29, 1.82) is 0 Å². The zero-order valence-electron chi connectivity index (χ0n) is 8.46. The molecule has 0 saturated carbocycles. The van der Waals surface area contributed by atoms with Crippen molar-refractivity contribution >= 4 is 5.91 Å². The zero-order valence-corrected chi connectivity index (χ0v) is 8.46. The Morgan fingerprint density at radius 3 is 2.54 bits per heavy atom. The minimum absolute atomic E-state index is 0.154. The lowest BCUT2D eigenvalue weighted by atomic mass is 10.1. The molecule has 0 aliphatic carbocycles. The van der Waals surface area contributed by atoms with Gasteiger partial charge in [0.25, 0.3) is 0 Å². The predicted octanol–water partition coefficient (Wildman–Crippen LogP) is 1.13. The van der Waals surface area contributed by atoms with Crippen molar-refractivity contribution in [2.75, 3.05) is 13.1 Å². The van der Waals surface area contributed by atoms with E-state index in [9.17, 15) is 4.79 Å². The molecular formula is C10H20N2O. The van der Waals surface area contributed by atoms with Crippen LogP contribution < -0.4 is 5.73 Å². The Kier molecular flexibility index (Phi) is 4.22. The molecule has 0 spiro atoms. The molecular weight excluding hydrogens is 164 g/mol. The van der Waals surface area contributed by atoms with Gasteiger partial charge < -0.3 is 10.6 Å². The Balaban J connectivity index is 2.36. The molecule has 0 unspecified atom stereocenters. The zero-order chi connectivity index (χ0) is 9.68. The first-order valence-corrected chi connectivity index (χ1v) is 5.30. The van der Waals surface area contributed by atoms with Gasteiger partial charge in [-0.2, -0.15) is 0 Å². The highest BCUT2D eigenvalue weighted by Crippen LogP contribution is 2.10. The molecule has 3 nitrogen and oxygen atoms in total. The fourth-order valence-electron chi connectivity index (χ4n) is 1.78. The molecule has 13 heavy (non-hydrogen) atoms. The maximum absolute atomic E-state index is 11.7. The minimum atomic E-state index is -0.261. The molecule has 0 aromatic heterocycles. The first-order valence-electron chi connectivity index (χ1n) is 5.30. The Bertz CT molecular complexity index is 164. The molecule has 1 atom stereocenters. The van der Waals surface area contributed by atoms with Crippen molar-refractivity contribution in [2.24, 2.45) is 5.73 Å². The topological polar surface area (TPSA) is 46.3 Å². The van der Waals surface area contributed by atoms with Gasteiger partial charge in [-0.3, -0.25) is 4.79 Å². The first-order chi connectivity index (χ1) is 6.25. The van der Waals surface area contributed by atoms with E-state index < -0.39 is 0 Å². The van der Waals surface area contributed by atoms with Crippen LogP contribution in [0.25, 0.3) is 0 Å². The Hall–Kier alpha value is -0.570. The molecule has 1 aliphatic heterocycles. The molecule has 0 aromatic rings. The third kappa shape index (κ3) is 2.99. The molecule has 1 rings (SSSR count). The van der Waals surface area contributed by atoms with Gasteiger partial charge in [-0.1, -0.05) is 13.3 Å². The highest BCUT2D eigenvalue weighted by Gasteiger charge is 2.21. The van der Waals surface area contributed by atoms with Crippen LogP contribution in [0.1, 0.15) is 39.0 Å². The van der Waals surface area contributed by atoms with E-state index in [0.717, 1.165) is 38.8 Å². The van der Waals surface area contributed by atoms with Gasteiger partial charge in [0.05, 0.1) is 6.04 Å². The van der Waals surface area contributed by atoms with Gasteiger partial charge in [-0.15, -0.1) is 0 Å². The fourth-order valence-corrected chi connectivity index (χ4v) is 1.78. The molecule has 3 heteroatoms. The molecule has 0 radical (unpaired) electrons. The van der Waals surface area contributed by atoms with Crippen LogP contribution in [-0.4, -0.2) is 29.9 Å². The number of likely N-dealkylation sites (tertiary alicyclic amines) is 1. The van der Waals surface area contributed by atoms with E-state index in [1.165, 1.54) is 6.42 Å². The van der Waals surface area contributed by atoms with Crippen LogP contribution in [0.5, 0.6) is 0 Å². The van der Waals surface area contributed by atoms with Crippen molar-refractivity contribution in [1.82, 2.24) is 4.90 Å². The lowest BCUT2D eigenvalue weighted by Gasteiger charge is -2.29. The van der Waals surface area contributed by atoms with Gasteiger partial charge >= 0.3 is 0 Å².